The van der Waals surface area contributed by atoms with Crippen molar-refractivity contribution in [3.8, 4) is 0 Å². The van der Waals surface area contributed by atoms with Crippen LogP contribution >= 0.6 is 7.82 Å². The van der Waals surface area contributed by atoms with Gasteiger partial charge in [-0.3, -0.25) is 13.8 Å². The molecule has 3 unspecified atom stereocenters. The van der Waals surface area contributed by atoms with Gasteiger partial charge < -0.3 is 19.8 Å². The molecule has 0 aromatic rings. The Labute approximate surface area is 456 Å². The zero-order valence-corrected chi connectivity index (χ0v) is 50.8. The first-order valence-electron chi connectivity index (χ1n) is 32.6. The molecule has 0 saturated carbocycles. The number of carbonyl (C=O) groups is 1. The Morgan fingerprint density at radius 3 is 1.01 bits per heavy atom. The van der Waals surface area contributed by atoms with Crippen LogP contribution in [0.2, 0.25) is 0 Å². The van der Waals surface area contributed by atoms with Gasteiger partial charge in [-0.15, -0.1) is 0 Å². The highest BCUT2D eigenvalue weighted by Crippen LogP contribution is 2.43. The molecule has 0 fully saturated rings. The number of likely N-dealkylation sites (N-methyl/N-ethyl adjacent to an activating group) is 1. The van der Waals surface area contributed by atoms with Crippen molar-refractivity contribution >= 4 is 13.7 Å². The Kier molecular flexibility index (Phi) is 55.4. The molecular weight excluding hydrogens is 924 g/mol. The maximum absolute atomic E-state index is 13.0. The van der Waals surface area contributed by atoms with Crippen LogP contribution < -0.4 is 5.32 Å². The predicted octanol–water partition coefficient (Wildman–Crippen LogP) is 20.2. The van der Waals surface area contributed by atoms with E-state index in [-0.39, 0.29) is 19.1 Å². The number of rotatable bonds is 61. The van der Waals surface area contributed by atoms with Crippen LogP contribution in [0.5, 0.6) is 0 Å². The Hall–Kier alpha value is -0.760. The number of aliphatic hydroxyl groups excluding tert-OH is 1. The van der Waals surface area contributed by atoms with Crippen LogP contribution in [0.1, 0.15) is 341 Å². The zero-order valence-electron chi connectivity index (χ0n) is 49.9. The Bertz CT molecular complexity index is 1200. The fraction of sp³-hybridized carbons (Fsp3) is 0.953. The number of phosphoric acid groups is 1. The third kappa shape index (κ3) is 58.8. The Morgan fingerprint density at radius 2 is 0.726 bits per heavy atom. The van der Waals surface area contributed by atoms with E-state index in [2.05, 4.69) is 19.2 Å². The lowest BCUT2D eigenvalue weighted by atomic mass is 10.0. The summed E-state index contributed by atoms with van der Waals surface area (Å²) in [7, 11) is 1.59. The highest BCUT2D eigenvalue weighted by Gasteiger charge is 2.28. The molecule has 0 aliphatic heterocycles. The molecule has 3 N–H and O–H groups in total. The number of amides is 1. The highest BCUT2D eigenvalue weighted by atomic mass is 31.2. The second-order valence-corrected chi connectivity index (χ2v) is 25.3. The van der Waals surface area contributed by atoms with E-state index in [1.165, 1.54) is 289 Å². The minimum atomic E-state index is -4.35. The number of hydrogen-bond donors (Lipinski definition) is 3. The van der Waals surface area contributed by atoms with E-state index in [1.54, 1.807) is 6.08 Å². The Balaban J connectivity index is 4.08. The monoisotopic (exact) mass is 1050 g/mol. The Morgan fingerprint density at radius 1 is 0.452 bits per heavy atom. The molecular formula is C64H130N2O6P+. The minimum Gasteiger partial charge on any atom is -0.387 e. The van der Waals surface area contributed by atoms with Crippen molar-refractivity contribution in [1.82, 2.24) is 5.32 Å². The largest absolute Gasteiger partial charge is 0.472 e. The lowest BCUT2D eigenvalue weighted by molar-refractivity contribution is -0.870. The fourth-order valence-corrected chi connectivity index (χ4v) is 10.9. The quantitative estimate of drug-likeness (QED) is 0.0243. The van der Waals surface area contributed by atoms with Crippen molar-refractivity contribution < 1.29 is 32.9 Å². The molecule has 0 bridgehead atoms. The van der Waals surface area contributed by atoms with Gasteiger partial charge in [0.05, 0.1) is 39.9 Å². The van der Waals surface area contributed by atoms with Crippen molar-refractivity contribution in [2.24, 2.45) is 0 Å². The van der Waals surface area contributed by atoms with E-state index in [1.807, 2.05) is 27.2 Å². The zero-order chi connectivity index (χ0) is 53.5. The molecule has 1 amide bonds. The summed E-state index contributed by atoms with van der Waals surface area (Å²) < 4.78 is 23.8. The number of carbonyl (C=O) groups excluding carboxylic acids is 1. The second-order valence-electron chi connectivity index (χ2n) is 23.9. The van der Waals surface area contributed by atoms with Gasteiger partial charge in [0.25, 0.3) is 0 Å². The van der Waals surface area contributed by atoms with E-state index in [0.717, 1.165) is 32.1 Å². The normalized spacial score (nSPS) is 13.8. The van der Waals surface area contributed by atoms with Gasteiger partial charge in [0.15, 0.2) is 0 Å². The topological polar surface area (TPSA) is 105 Å². The average molecular weight is 1050 g/mol. The first-order valence-corrected chi connectivity index (χ1v) is 34.1. The van der Waals surface area contributed by atoms with Crippen LogP contribution in [0, 0.1) is 0 Å². The van der Waals surface area contributed by atoms with Gasteiger partial charge in [0, 0.05) is 6.42 Å². The number of quaternary nitrogens is 1. The lowest BCUT2D eigenvalue weighted by Crippen LogP contribution is -2.45. The second kappa shape index (κ2) is 56.0. The SMILES string of the molecule is CCCCCCCCCCCCCCCCCCCCCCCCCCCCC/C=C/C(O)C(COP(=O)(O)OCC[N+](C)(C)C)NC(=O)CCCCCCCCCCCCCCCCCCCCCCCC. The van der Waals surface area contributed by atoms with Gasteiger partial charge >= 0.3 is 7.82 Å². The predicted molar refractivity (Wildman–Crippen MR) is 319 cm³/mol. The number of unbranched alkanes of at least 4 members (excludes halogenated alkanes) is 48. The van der Waals surface area contributed by atoms with Crippen LogP contribution in [0.3, 0.4) is 0 Å². The summed E-state index contributed by atoms with van der Waals surface area (Å²) in [6, 6.07) is -0.843. The summed E-state index contributed by atoms with van der Waals surface area (Å²) in [6.45, 7) is 4.88. The van der Waals surface area contributed by atoms with Gasteiger partial charge in [-0.25, -0.2) is 4.57 Å². The van der Waals surface area contributed by atoms with E-state index in [4.69, 9.17) is 9.05 Å². The lowest BCUT2D eigenvalue weighted by Gasteiger charge is -2.25. The molecule has 0 aromatic heterocycles. The molecule has 0 aliphatic carbocycles. The summed E-state index contributed by atoms with van der Waals surface area (Å²) in [5.41, 5.74) is 0. The molecule has 73 heavy (non-hydrogen) atoms. The fourth-order valence-electron chi connectivity index (χ4n) is 10.2. The summed E-state index contributed by atoms with van der Waals surface area (Å²) in [5.74, 6) is -0.168. The third-order valence-electron chi connectivity index (χ3n) is 15.3. The molecule has 0 aliphatic rings. The summed E-state index contributed by atoms with van der Waals surface area (Å²) in [4.78, 5) is 23.4. The van der Waals surface area contributed by atoms with Crippen LogP contribution in [-0.4, -0.2) is 73.4 Å². The number of nitrogens with zero attached hydrogens (tertiary/aromatic N) is 1. The van der Waals surface area contributed by atoms with Gasteiger partial charge in [0.2, 0.25) is 5.91 Å². The number of aliphatic hydroxyl groups is 1. The maximum atomic E-state index is 13.0. The average Bonchev–Trinajstić information content (AvgIpc) is 3.35. The van der Waals surface area contributed by atoms with Crippen LogP contribution in [0.4, 0.5) is 0 Å². The minimum absolute atomic E-state index is 0.0654. The summed E-state index contributed by atoms with van der Waals surface area (Å²) in [6.07, 6.45) is 70.5. The van der Waals surface area contributed by atoms with Crippen molar-refractivity contribution in [2.45, 2.75) is 353 Å². The maximum Gasteiger partial charge on any atom is 0.472 e. The van der Waals surface area contributed by atoms with Crippen molar-refractivity contribution in [3.05, 3.63) is 12.2 Å². The van der Waals surface area contributed by atoms with E-state index >= 15 is 0 Å². The molecule has 8 nitrogen and oxygen atoms in total. The first kappa shape index (κ1) is 72.2. The van der Waals surface area contributed by atoms with Crippen LogP contribution in [-0.2, 0) is 18.4 Å². The van der Waals surface area contributed by atoms with Gasteiger partial charge in [-0.1, -0.05) is 328 Å². The molecule has 436 valence electrons. The van der Waals surface area contributed by atoms with Crippen molar-refractivity contribution in [2.75, 3.05) is 40.9 Å². The standard InChI is InChI=1S/C64H129N2O6P/c1-6-8-10-12-14-16-18-20-22-24-26-28-30-31-32-33-34-35-36-37-39-41-43-45-47-49-51-53-55-57-63(67)62(61-72-73(69,70)71-60-59-66(3,4)5)65-64(68)58-56-54-52-50-48-46-44-42-40-38-29-27-25-23-21-19-17-15-13-11-9-7-2/h55,57,62-63,67H,6-54,56,58-61H2,1-5H3,(H-,65,68,69,70)/p+1/b57-55+. The number of nitrogens with one attached hydrogen (secondary N) is 1. The number of hydrogen-bond acceptors (Lipinski definition) is 5. The third-order valence-corrected chi connectivity index (χ3v) is 16.2. The number of phosphoric ester groups is 1. The van der Waals surface area contributed by atoms with E-state index < -0.39 is 20.0 Å². The van der Waals surface area contributed by atoms with Crippen LogP contribution in [0.25, 0.3) is 0 Å². The van der Waals surface area contributed by atoms with Crippen molar-refractivity contribution in [3.63, 3.8) is 0 Å². The number of allylic oxidation sites excluding steroid dienone is 1. The van der Waals surface area contributed by atoms with Crippen molar-refractivity contribution in [1.29, 1.82) is 0 Å². The van der Waals surface area contributed by atoms with Gasteiger partial charge in [0.1, 0.15) is 13.2 Å². The molecule has 0 rings (SSSR count). The molecule has 0 spiro atoms. The molecule has 0 saturated heterocycles. The van der Waals surface area contributed by atoms with Gasteiger partial charge in [-0.2, -0.15) is 0 Å². The van der Waals surface area contributed by atoms with Crippen LogP contribution in [0.15, 0.2) is 12.2 Å². The molecule has 3 atom stereocenters. The molecule has 0 aromatic carbocycles. The smallest absolute Gasteiger partial charge is 0.387 e. The molecule has 0 heterocycles. The summed E-state index contributed by atoms with van der Waals surface area (Å²) in [5, 5.41) is 14.0. The first-order chi connectivity index (χ1) is 35.5. The van der Waals surface area contributed by atoms with Gasteiger partial charge in [-0.05, 0) is 19.3 Å². The molecule has 9 heteroatoms. The van der Waals surface area contributed by atoms with E-state index in [0.29, 0.717) is 17.4 Å². The summed E-state index contributed by atoms with van der Waals surface area (Å²) >= 11 is 0. The van der Waals surface area contributed by atoms with E-state index in [9.17, 15) is 19.4 Å². The highest BCUT2D eigenvalue weighted by molar-refractivity contribution is 7.47. The molecule has 0 radical (unpaired) electrons.